The standard InChI is InChI=1S/C16H22Cl2O2/c1-15(2)9-11(16(3,4)20-15)14(19)8-10-5-6-12(17)13(18)7-10/h5-7,11,14,19H,8-9H2,1-4H3. The lowest BCUT2D eigenvalue weighted by Crippen LogP contribution is -2.37. The van der Waals surface area contributed by atoms with Crippen LogP contribution in [0.2, 0.25) is 10.0 Å². The number of rotatable bonds is 3. The van der Waals surface area contributed by atoms with E-state index in [0.29, 0.717) is 16.5 Å². The molecular formula is C16H22Cl2O2. The molecule has 2 rings (SSSR count). The van der Waals surface area contributed by atoms with Crippen LogP contribution in [0.25, 0.3) is 0 Å². The first kappa shape index (κ1) is 16.1. The van der Waals surface area contributed by atoms with Crippen LogP contribution in [0.3, 0.4) is 0 Å². The lowest BCUT2D eigenvalue weighted by atomic mass is 9.81. The predicted octanol–water partition coefficient (Wildman–Crippen LogP) is 4.49. The van der Waals surface area contributed by atoms with Crippen molar-refractivity contribution in [2.24, 2.45) is 5.92 Å². The molecule has 1 heterocycles. The van der Waals surface area contributed by atoms with Crippen LogP contribution >= 0.6 is 23.2 Å². The lowest BCUT2D eigenvalue weighted by Gasteiger charge is -2.30. The normalized spacial score (nSPS) is 25.6. The molecule has 1 aliphatic rings. The van der Waals surface area contributed by atoms with Crippen LogP contribution in [0.4, 0.5) is 0 Å². The molecule has 4 heteroatoms. The molecule has 1 saturated heterocycles. The third-order valence-electron chi connectivity index (χ3n) is 4.04. The molecule has 0 saturated carbocycles. The zero-order chi connectivity index (χ0) is 15.1. The molecule has 2 unspecified atom stereocenters. The van der Waals surface area contributed by atoms with Gasteiger partial charge in [0.2, 0.25) is 0 Å². The predicted molar refractivity (Wildman–Crippen MR) is 83.5 cm³/mol. The van der Waals surface area contributed by atoms with Crippen molar-refractivity contribution in [3.63, 3.8) is 0 Å². The first-order valence-corrected chi connectivity index (χ1v) is 7.68. The second-order valence-electron chi connectivity index (χ2n) is 6.80. The van der Waals surface area contributed by atoms with E-state index < -0.39 is 6.10 Å². The van der Waals surface area contributed by atoms with E-state index >= 15 is 0 Å². The third-order valence-corrected chi connectivity index (χ3v) is 4.78. The summed E-state index contributed by atoms with van der Waals surface area (Å²) >= 11 is 11.9. The van der Waals surface area contributed by atoms with Gasteiger partial charge in [0.25, 0.3) is 0 Å². The summed E-state index contributed by atoms with van der Waals surface area (Å²) in [5, 5.41) is 11.6. The molecule has 0 amide bonds. The van der Waals surface area contributed by atoms with Gasteiger partial charge in [0.1, 0.15) is 0 Å². The van der Waals surface area contributed by atoms with Crippen molar-refractivity contribution in [2.75, 3.05) is 0 Å². The Hall–Kier alpha value is -0.280. The van der Waals surface area contributed by atoms with Crippen LogP contribution in [0.5, 0.6) is 0 Å². The maximum atomic E-state index is 10.6. The van der Waals surface area contributed by atoms with Crippen LogP contribution in [0.15, 0.2) is 18.2 Å². The molecule has 112 valence electrons. The highest BCUT2D eigenvalue weighted by Gasteiger charge is 2.48. The van der Waals surface area contributed by atoms with E-state index in [2.05, 4.69) is 13.8 Å². The van der Waals surface area contributed by atoms with Crippen molar-refractivity contribution in [1.29, 1.82) is 0 Å². The summed E-state index contributed by atoms with van der Waals surface area (Å²) in [5.41, 5.74) is 0.485. The third kappa shape index (κ3) is 3.48. The Labute approximate surface area is 131 Å². The highest BCUT2D eigenvalue weighted by molar-refractivity contribution is 6.42. The van der Waals surface area contributed by atoms with Crippen molar-refractivity contribution in [1.82, 2.24) is 0 Å². The minimum absolute atomic E-state index is 0.104. The highest BCUT2D eigenvalue weighted by atomic mass is 35.5. The molecule has 2 atom stereocenters. The van der Waals surface area contributed by atoms with Crippen LogP contribution in [0.1, 0.15) is 39.7 Å². The van der Waals surface area contributed by atoms with E-state index in [9.17, 15) is 5.11 Å². The SMILES string of the molecule is CC1(C)CC(C(O)Cc2ccc(Cl)c(Cl)c2)C(C)(C)O1. The smallest absolute Gasteiger partial charge is 0.0687 e. The van der Waals surface area contributed by atoms with Gasteiger partial charge in [-0.2, -0.15) is 0 Å². The van der Waals surface area contributed by atoms with Gasteiger partial charge in [0.05, 0.1) is 27.4 Å². The topological polar surface area (TPSA) is 29.5 Å². The monoisotopic (exact) mass is 316 g/mol. The van der Waals surface area contributed by atoms with Gasteiger partial charge in [-0.05, 0) is 58.2 Å². The molecule has 1 aromatic rings. The largest absolute Gasteiger partial charge is 0.392 e. The summed E-state index contributed by atoms with van der Waals surface area (Å²) in [6.45, 7) is 8.23. The molecule has 0 bridgehead atoms. The van der Waals surface area contributed by atoms with Crippen LogP contribution in [-0.4, -0.2) is 22.4 Å². The van der Waals surface area contributed by atoms with Gasteiger partial charge in [0, 0.05) is 5.92 Å². The Morgan fingerprint density at radius 1 is 1.25 bits per heavy atom. The molecule has 1 aliphatic heterocycles. The molecule has 1 N–H and O–H groups in total. The molecule has 1 aromatic carbocycles. The summed E-state index contributed by atoms with van der Waals surface area (Å²) in [6.07, 6.45) is 0.955. The minimum atomic E-state index is -0.455. The van der Waals surface area contributed by atoms with Crippen molar-refractivity contribution < 1.29 is 9.84 Å². The molecule has 2 nitrogen and oxygen atoms in total. The molecule has 0 spiro atoms. The fourth-order valence-corrected chi connectivity index (χ4v) is 3.58. The number of ether oxygens (including phenoxy) is 1. The lowest BCUT2D eigenvalue weighted by molar-refractivity contribution is -0.0873. The Kier molecular flexibility index (Phi) is 4.42. The number of aliphatic hydroxyl groups is 1. The van der Waals surface area contributed by atoms with Gasteiger partial charge in [0.15, 0.2) is 0 Å². The van der Waals surface area contributed by atoms with E-state index in [0.717, 1.165) is 12.0 Å². The van der Waals surface area contributed by atoms with Gasteiger partial charge in [-0.1, -0.05) is 29.3 Å². The van der Waals surface area contributed by atoms with Gasteiger partial charge < -0.3 is 9.84 Å². The van der Waals surface area contributed by atoms with Gasteiger partial charge >= 0.3 is 0 Å². The first-order chi connectivity index (χ1) is 9.11. The number of hydrogen-bond acceptors (Lipinski definition) is 2. The van der Waals surface area contributed by atoms with Crippen LogP contribution in [-0.2, 0) is 11.2 Å². The van der Waals surface area contributed by atoms with E-state index in [-0.39, 0.29) is 17.1 Å². The highest BCUT2D eigenvalue weighted by Crippen LogP contribution is 2.44. The Bertz CT molecular complexity index is 497. The van der Waals surface area contributed by atoms with Crippen LogP contribution < -0.4 is 0 Å². The fourth-order valence-electron chi connectivity index (χ4n) is 3.25. The van der Waals surface area contributed by atoms with Crippen molar-refractivity contribution in [2.45, 2.75) is 57.8 Å². The Morgan fingerprint density at radius 3 is 2.40 bits per heavy atom. The van der Waals surface area contributed by atoms with Crippen molar-refractivity contribution >= 4 is 23.2 Å². The maximum Gasteiger partial charge on any atom is 0.0687 e. The molecule has 0 radical (unpaired) electrons. The van der Waals surface area contributed by atoms with E-state index in [4.69, 9.17) is 27.9 Å². The number of halogens is 2. The zero-order valence-electron chi connectivity index (χ0n) is 12.4. The summed E-state index contributed by atoms with van der Waals surface area (Å²) in [7, 11) is 0. The van der Waals surface area contributed by atoms with Crippen LogP contribution in [0, 0.1) is 5.92 Å². The fraction of sp³-hybridized carbons (Fsp3) is 0.625. The molecule has 0 aliphatic carbocycles. The summed E-state index contributed by atoms with van der Waals surface area (Å²) in [4.78, 5) is 0. The molecule has 1 fully saturated rings. The average Bonchev–Trinajstić information content (AvgIpc) is 2.52. The van der Waals surface area contributed by atoms with E-state index in [1.807, 2.05) is 26.0 Å². The minimum Gasteiger partial charge on any atom is -0.392 e. The Balaban J connectivity index is 2.12. The van der Waals surface area contributed by atoms with Gasteiger partial charge in [-0.25, -0.2) is 0 Å². The quantitative estimate of drug-likeness (QED) is 0.890. The summed E-state index contributed by atoms with van der Waals surface area (Å²) in [6, 6.07) is 5.50. The van der Waals surface area contributed by atoms with Crippen molar-refractivity contribution in [3.8, 4) is 0 Å². The van der Waals surface area contributed by atoms with Crippen molar-refractivity contribution in [3.05, 3.63) is 33.8 Å². The van der Waals surface area contributed by atoms with Gasteiger partial charge in [-0.15, -0.1) is 0 Å². The molecule has 0 aromatic heterocycles. The zero-order valence-corrected chi connectivity index (χ0v) is 13.9. The molecular weight excluding hydrogens is 295 g/mol. The summed E-state index contributed by atoms with van der Waals surface area (Å²) < 4.78 is 6.04. The van der Waals surface area contributed by atoms with Gasteiger partial charge in [-0.3, -0.25) is 0 Å². The van der Waals surface area contributed by atoms with E-state index in [1.165, 1.54) is 0 Å². The number of hydrogen-bond donors (Lipinski definition) is 1. The molecule has 20 heavy (non-hydrogen) atoms. The number of aliphatic hydroxyl groups excluding tert-OH is 1. The summed E-state index contributed by atoms with van der Waals surface area (Å²) in [5.74, 6) is 0.104. The maximum absolute atomic E-state index is 10.6. The second-order valence-corrected chi connectivity index (χ2v) is 7.61. The second kappa shape index (κ2) is 5.49. The number of benzene rings is 1. The van der Waals surface area contributed by atoms with E-state index in [1.54, 1.807) is 6.07 Å². The average molecular weight is 317 g/mol. The Morgan fingerprint density at radius 2 is 1.90 bits per heavy atom. The first-order valence-electron chi connectivity index (χ1n) is 6.93.